The predicted molar refractivity (Wildman–Crippen MR) is 382 cm³/mol. The normalized spacial score (nSPS) is 13.8. The molecule has 0 fully saturated rings. The van der Waals surface area contributed by atoms with Crippen LogP contribution in [0.25, 0.3) is 0 Å². The zero-order valence-corrected chi connectivity index (χ0v) is 71.7. The van der Waals surface area contributed by atoms with E-state index in [1.165, 1.54) is 27.7 Å². The summed E-state index contributed by atoms with van der Waals surface area (Å²) >= 11 is 0. The van der Waals surface area contributed by atoms with E-state index in [0.717, 1.165) is 0 Å². The molecule has 33 heteroatoms. The molecule has 4 unspecified atom stereocenters. The van der Waals surface area contributed by atoms with Gasteiger partial charge in [-0.25, -0.2) is 19.2 Å². The number of ketones is 4. The second-order valence-corrected chi connectivity index (χ2v) is 28.1. The van der Waals surface area contributed by atoms with Crippen LogP contribution in [0.1, 0.15) is 220 Å². The monoisotopic (exact) mass is 1640 g/mol. The minimum Gasteiger partial charge on any atom is -0.546 e. The summed E-state index contributed by atoms with van der Waals surface area (Å²) in [5.74, 6) is -13.6. The number of hydrogen-bond acceptors (Lipinski definition) is 32. The van der Waals surface area contributed by atoms with Crippen LogP contribution in [0.3, 0.4) is 0 Å². The van der Waals surface area contributed by atoms with Gasteiger partial charge < -0.3 is 115 Å². The molecular weight excluding hydrogens is 1520 g/mol. The zero-order chi connectivity index (χ0) is 85.4. The summed E-state index contributed by atoms with van der Waals surface area (Å²) in [4.78, 5) is 146. The van der Waals surface area contributed by atoms with E-state index in [9.17, 15) is 78.0 Å². The molecular formula is C76H124O32Zr. The Balaban J connectivity index is -0.000000440. The zero-order valence-electron chi connectivity index (χ0n) is 69.3. The molecule has 0 radical (unpaired) electrons. The van der Waals surface area contributed by atoms with E-state index in [-0.39, 0.29) is 74.9 Å². The largest absolute Gasteiger partial charge is 4.00 e. The van der Waals surface area contributed by atoms with Crippen molar-refractivity contribution in [3.8, 4) is 0 Å². The van der Waals surface area contributed by atoms with Crippen LogP contribution in [-0.4, -0.2) is 218 Å². The molecule has 624 valence electrons. The standard InChI is InChI=1S/4C19H32O8.Zr/c4*1-11(2)16(21)24-10-9-19(18(22)23,27-14(7)8)15(20)17(25-12(3)4)26-13(5)6;/h4*12-14,17H,1,9-10H2,2-8H3,(H,22,23);/q;;;;+4/p-4. The third kappa shape index (κ3) is 42.9. The van der Waals surface area contributed by atoms with Crippen LogP contribution in [0, 0.1) is 0 Å². The van der Waals surface area contributed by atoms with Crippen molar-refractivity contribution >= 4 is 70.9 Å². The van der Waals surface area contributed by atoms with Crippen LogP contribution < -0.4 is 20.4 Å². The van der Waals surface area contributed by atoms with E-state index in [4.69, 9.17) is 75.8 Å². The molecule has 0 bridgehead atoms. The van der Waals surface area contributed by atoms with Gasteiger partial charge in [0, 0.05) is 48.0 Å². The molecule has 0 N–H and O–H groups in total. The van der Waals surface area contributed by atoms with Crippen molar-refractivity contribution in [2.45, 2.75) is 340 Å². The van der Waals surface area contributed by atoms with E-state index in [1.54, 1.807) is 166 Å². The second kappa shape index (κ2) is 54.5. The Labute approximate surface area is 663 Å². The molecule has 0 saturated heterocycles. The van der Waals surface area contributed by atoms with Gasteiger partial charge in [0.25, 0.3) is 0 Å². The molecule has 0 rings (SSSR count). The maximum Gasteiger partial charge on any atom is 4.00 e. The maximum atomic E-state index is 13.1. The van der Waals surface area contributed by atoms with E-state index in [0.29, 0.717) is 0 Å². The molecule has 0 aromatic rings. The molecule has 0 saturated carbocycles. The first-order valence-corrected chi connectivity index (χ1v) is 35.6. The van der Waals surface area contributed by atoms with Crippen LogP contribution in [0.5, 0.6) is 0 Å². The van der Waals surface area contributed by atoms with Crippen molar-refractivity contribution in [3.63, 3.8) is 0 Å². The van der Waals surface area contributed by atoms with Crippen molar-refractivity contribution < 1.29 is 180 Å². The van der Waals surface area contributed by atoms with Gasteiger partial charge in [-0.1, -0.05) is 26.3 Å². The van der Waals surface area contributed by atoms with Gasteiger partial charge in [0.1, 0.15) is 0 Å². The number of carbonyl (C=O) groups is 12. The van der Waals surface area contributed by atoms with Crippen molar-refractivity contribution in [2.75, 3.05) is 26.4 Å². The molecule has 0 aliphatic heterocycles. The Hall–Kier alpha value is -6.20. The van der Waals surface area contributed by atoms with Crippen molar-refractivity contribution in [2.24, 2.45) is 0 Å². The fourth-order valence-corrected chi connectivity index (χ4v) is 8.58. The summed E-state index contributed by atoms with van der Waals surface area (Å²) in [6, 6.07) is 0. The van der Waals surface area contributed by atoms with E-state index in [1.807, 2.05) is 0 Å². The minimum absolute atomic E-state index is 0. The smallest absolute Gasteiger partial charge is 0.546 e. The summed E-state index contributed by atoms with van der Waals surface area (Å²) in [5.41, 5.74) is -8.97. The number of hydrogen-bond donors (Lipinski definition) is 0. The Kier molecular flexibility index (Phi) is 55.7. The first-order valence-electron chi connectivity index (χ1n) is 35.6. The fraction of sp³-hybridized carbons (Fsp3) is 0.737. The Bertz CT molecular complexity index is 2500. The van der Waals surface area contributed by atoms with Gasteiger partial charge in [0.15, 0.2) is 22.4 Å². The van der Waals surface area contributed by atoms with E-state index in [2.05, 4.69) is 26.3 Å². The van der Waals surface area contributed by atoms with Gasteiger partial charge >= 0.3 is 50.1 Å². The molecule has 109 heavy (non-hydrogen) atoms. The van der Waals surface area contributed by atoms with Crippen molar-refractivity contribution in [1.29, 1.82) is 0 Å². The molecule has 32 nitrogen and oxygen atoms in total. The van der Waals surface area contributed by atoms with Gasteiger partial charge in [-0.3, -0.25) is 19.2 Å². The van der Waals surface area contributed by atoms with Gasteiger partial charge in [-0.15, -0.1) is 0 Å². The number of carboxylic acids is 4. The van der Waals surface area contributed by atoms with Gasteiger partial charge in [-0.2, -0.15) is 0 Å². The number of esters is 4. The minimum atomic E-state index is -2.39. The maximum absolute atomic E-state index is 13.1. The summed E-state index contributed by atoms with van der Waals surface area (Å²) in [6.07, 6.45) is -13.4. The topological polar surface area (TPSA) is 445 Å². The summed E-state index contributed by atoms with van der Waals surface area (Å²) in [7, 11) is 0. The molecule has 0 aromatic carbocycles. The quantitative estimate of drug-likeness (QED) is 0.0263. The molecule has 0 aliphatic rings. The molecule has 0 heterocycles. The number of rotatable bonds is 52. The fourth-order valence-electron chi connectivity index (χ4n) is 8.58. The number of carboxylic acid groups (broad SMARTS) is 4. The molecule has 0 amide bonds. The molecule has 4 atom stereocenters. The van der Waals surface area contributed by atoms with E-state index >= 15 is 0 Å². The van der Waals surface area contributed by atoms with Gasteiger partial charge in [0.05, 0.1) is 124 Å². The van der Waals surface area contributed by atoms with Gasteiger partial charge in [0.2, 0.25) is 48.3 Å². The number of carbonyl (C=O) groups excluding carboxylic acids is 12. The number of Topliss-reactive ketones (excluding diaryl/α,β-unsaturated/α-hetero) is 4. The Morgan fingerprint density at radius 2 is 0.367 bits per heavy atom. The van der Waals surface area contributed by atoms with Crippen molar-refractivity contribution in [1.82, 2.24) is 0 Å². The van der Waals surface area contributed by atoms with E-state index < -0.39 is 217 Å². The Morgan fingerprint density at radius 1 is 0.248 bits per heavy atom. The Morgan fingerprint density at radius 3 is 0.450 bits per heavy atom. The van der Waals surface area contributed by atoms with Crippen LogP contribution in [0.4, 0.5) is 0 Å². The second-order valence-electron chi connectivity index (χ2n) is 28.1. The average molecular weight is 1640 g/mol. The van der Waals surface area contributed by atoms with Gasteiger partial charge in [-0.05, 0) is 194 Å². The third-order valence-electron chi connectivity index (χ3n) is 12.8. The van der Waals surface area contributed by atoms with Crippen LogP contribution in [0.2, 0.25) is 0 Å². The SMILES string of the molecule is C=C(C)C(=O)OCCC(OC(C)C)(C(=O)[O-])C(=O)C(OC(C)C)OC(C)C.C=C(C)C(=O)OCCC(OC(C)C)(C(=O)[O-])C(=O)C(OC(C)C)OC(C)C.C=C(C)C(=O)OCCC(OC(C)C)(C(=O)[O-])C(=O)C(OC(C)C)OC(C)C.C=C(C)C(=O)OCCC(OC(C)C)(C(=O)[O-])C(=O)C(OC(C)C)OC(C)C.[Zr+4]. The molecule has 0 aliphatic carbocycles. The van der Waals surface area contributed by atoms with Crippen LogP contribution >= 0.6 is 0 Å². The number of aliphatic carboxylic acids is 4. The van der Waals surface area contributed by atoms with Crippen LogP contribution in [-0.2, 0) is 160 Å². The predicted octanol–water partition coefficient (Wildman–Crippen LogP) is 4.62. The molecule has 0 aromatic heterocycles. The summed E-state index contributed by atoms with van der Waals surface area (Å²) < 4.78 is 85.3. The van der Waals surface area contributed by atoms with Crippen LogP contribution in [0.15, 0.2) is 48.6 Å². The molecule has 0 spiro atoms. The third-order valence-corrected chi connectivity index (χ3v) is 12.8. The first kappa shape index (κ1) is 111. The number of ether oxygens (including phenoxy) is 16. The average Bonchev–Trinajstić information content (AvgIpc) is 0.816. The first-order chi connectivity index (χ1) is 49.3. The summed E-state index contributed by atoms with van der Waals surface area (Å²) in [6.45, 7) is 57.6. The van der Waals surface area contributed by atoms with Crippen molar-refractivity contribution in [3.05, 3.63) is 48.6 Å². The summed E-state index contributed by atoms with van der Waals surface area (Å²) in [5, 5.41) is 47.8.